The highest BCUT2D eigenvalue weighted by molar-refractivity contribution is 8.00. The van der Waals surface area contributed by atoms with E-state index in [-0.39, 0.29) is 17.9 Å². The van der Waals surface area contributed by atoms with E-state index in [1.54, 1.807) is 0 Å². The number of carbonyl (C=O) groups excluding carboxylic acids is 2. The maximum Gasteiger partial charge on any atom is 0.255 e. The van der Waals surface area contributed by atoms with E-state index >= 15 is 0 Å². The molecular weight excluding hydrogens is 358 g/mol. The monoisotopic (exact) mass is 389 g/mol. The van der Waals surface area contributed by atoms with Crippen LogP contribution >= 0.6 is 11.8 Å². The van der Waals surface area contributed by atoms with Crippen molar-refractivity contribution in [1.82, 2.24) is 9.80 Å². The standard InChI is InChI=1S/C21H31N3O2S/c1-23(17-9-3-2-4-10-17)20(25)15-27-19-12-6-5-11-18(19)21(26)24-13-7-8-16(22)14-24/h5-6,11-12,16-17H,2-4,7-10,13-15,22H2,1H3. The summed E-state index contributed by atoms with van der Waals surface area (Å²) in [6.07, 6.45) is 7.85. The predicted molar refractivity (Wildman–Crippen MR) is 110 cm³/mol. The van der Waals surface area contributed by atoms with Crippen LogP contribution in [0, 0.1) is 0 Å². The summed E-state index contributed by atoms with van der Waals surface area (Å²) in [5.74, 6) is 0.548. The molecule has 3 rings (SSSR count). The molecule has 1 aliphatic heterocycles. The molecule has 2 amide bonds. The van der Waals surface area contributed by atoms with Crippen LogP contribution in [0.5, 0.6) is 0 Å². The van der Waals surface area contributed by atoms with Crippen LogP contribution in [0.4, 0.5) is 0 Å². The largest absolute Gasteiger partial charge is 0.342 e. The van der Waals surface area contributed by atoms with E-state index in [1.807, 2.05) is 41.1 Å². The second-order valence-corrected chi connectivity index (χ2v) is 8.75. The Morgan fingerprint density at radius 3 is 2.63 bits per heavy atom. The third-order valence-corrected chi connectivity index (χ3v) is 6.79. The molecule has 1 saturated carbocycles. The lowest BCUT2D eigenvalue weighted by atomic mass is 9.94. The fraction of sp³-hybridized carbons (Fsp3) is 0.619. The van der Waals surface area contributed by atoms with Gasteiger partial charge in [0, 0.05) is 37.1 Å². The Kier molecular flexibility index (Phi) is 7.19. The third kappa shape index (κ3) is 5.26. The number of thioether (sulfide) groups is 1. The van der Waals surface area contributed by atoms with Crippen molar-refractivity contribution < 1.29 is 9.59 Å². The molecule has 0 bridgehead atoms. The van der Waals surface area contributed by atoms with Gasteiger partial charge in [0.25, 0.3) is 5.91 Å². The van der Waals surface area contributed by atoms with Crippen LogP contribution in [0.3, 0.4) is 0 Å². The Morgan fingerprint density at radius 1 is 1.15 bits per heavy atom. The van der Waals surface area contributed by atoms with Gasteiger partial charge in [0.1, 0.15) is 0 Å². The number of rotatable bonds is 5. The van der Waals surface area contributed by atoms with Crippen LogP contribution in [-0.4, -0.2) is 59.6 Å². The van der Waals surface area contributed by atoms with Crippen molar-refractivity contribution >= 4 is 23.6 Å². The van der Waals surface area contributed by atoms with Gasteiger partial charge in [-0.15, -0.1) is 11.8 Å². The topological polar surface area (TPSA) is 66.6 Å². The molecule has 1 heterocycles. The highest BCUT2D eigenvalue weighted by Gasteiger charge is 2.25. The summed E-state index contributed by atoms with van der Waals surface area (Å²) in [6, 6.07) is 8.05. The van der Waals surface area contributed by atoms with Crippen molar-refractivity contribution in [2.45, 2.75) is 61.9 Å². The molecule has 0 spiro atoms. The average molecular weight is 390 g/mol. The average Bonchev–Trinajstić information content (AvgIpc) is 2.71. The van der Waals surface area contributed by atoms with Gasteiger partial charge in [-0.2, -0.15) is 0 Å². The van der Waals surface area contributed by atoms with Gasteiger partial charge in [0.05, 0.1) is 11.3 Å². The fourth-order valence-corrected chi connectivity index (χ4v) is 5.02. The maximum absolute atomic E-state index is 13.0. The van der Waals surface area contributed by atoms with E-state index in [4.69, 9.17) is 5.73 Å². The van der Waals surface area contributed by atoms with Crippen molar-refractivity contribution in [2.75, 3.05) is 25.9 Å². The number of amides is 2. The van der Waals surface area contributed by atoms with Crippen molar-refractivity contribution in [2.24, 2.45) is 5.73 Å². The quantitative estimate of drug-likeness (QED) is 0.786. The zero-order chi connectivity index (χ0) is 19.2. The summed E-state index contributed by atoms with van der Waals surface area (Å²) in [6.45, 7) is 1.37. The third-order valence-electron chi connectivity index (χ3n) is 5.73. The van der Waals surface area contributed by atoms with Gasteiger partial charge in [-0.25, -0.2) is 0 Å². The molecular formula is C21H31N3O2S. The smallest absolute Gasteiger partial charge is 0.255 e. The summed E-state index contributed by atoms with van der Waals surface area (Å²) < 4.78 is 0. The van der Waals surface area contributed by atoms with E-state index in [9.17, 15) is 9.59 Å². The van der Waals surface area contributed by atoms with Crippen LogP contribution < -0.4 is 5.73 Å². The van der Waals surface area contributed by atoms with Crippen LogP contribution in [0.15, 0.2) is 29.2 Å². The SMILES string of the molecule is CN(C(=O)CSc1ccccc1C(=O)N1CCCC(N)C1)C1CCCCC1. The van der Waals surface area contributed by atoms with E-state index in [2.05, 4.69) is 0 Å². The van der Waals surface area contributed by atoms with E-state index in [0.717, 1.165) is 37.1 Å². The number of piperidine rings is 1. The van der Waals surface area contributed by atoms with Gasteiger partial charge in [-0.1, -0.05) is 31.4 Å². The molecule has 6 heteroatoms. The van der Waals surface area contributed by atoms with Crippen LogP contribution in [-0.2, 0) is 4.79 Å². The molecule has 1 aromatic rings. The van der Waals surface area contributed by atoms with Gasteiger partial charge in [0.15, 0.2) is 0 Å². The molecule has 1 unspecified atom stereocenters. The zero-order valence-electron chi connectivity index (χ0n) is 16.2. The Labute approximate surface area is 166 Å². The van der Waals surface area contributed by atoms with Crippen molar-refractivity contribution in [3.63, 3.8) is 0 Å². The molecule has 5 nitrogen and oxygen atoms in total. The first-order valence-corrected chi connectivity index (χ1v) is 11.1. The molecule has 1 aromatic carbocycles. The first kappa shape index (κ1) is 20.2. The molecule has 0 aromatic heterocycles. The Balaban J connectivity index is 1.62. The molecule has 2 N–H and O–H groups in total. The second-order valence-electron chi connectivity index (χ2n) is 7.73. The highest BCUT2D eigenvalue weighted by atomic mass is 32.2. The highest BCUT2D eigenvalue weighted by Crippen LogP contribution is 2.27. The van der Waals surface area contributed by atoms with Gasteiger partial charge in [-0.3, -0.25) is 9.59 Å². The van der Waals surface area contributed by atoms with E-state index in [1.165, 1.54) is 31.0 Å². The van der Waals surface area contributed by atoms with Crippen LogP contribution in [0.25, 0.3) is 0 Å². The van der Waals surface area contributed by atoms with Gasteiger partial charge in [-0.05, 0) is 37.8 Å². The Morgan fingerprint density at radius 2 is 1.89 bits per heavy atom. The minimum absolute atomic E-state index is 0.0290. The molecule has 1 saturated heterocycles. The van der Waals surface area contributed by atoms with Gasteiger partial charge >= 0.3 is 0 Å². The second kappa shape index (κ2) is 9.60. The molecule has 2 aliphatic rings. The summed E-state index contributed by atoms with van der Waals surface area (Å²) in [7, 11) is 1.92. The van der Waals surface area contributed by atoms with Crippen LogP contribution in [0.2, 0.25) is 0 Å². The molecule has 27 heavy (non-hydrogen) atoms. The molecule has 1 aliphatic carbocycles. The lowest BCUT2D eigenvalue weighted by Crippen LogP contribution is -2.45. The van der Waals surface area contributed by atoms with Crippen molar-refractivity contribution in [3.05, 3.63) is 29.8 Å². The lowest BCUT2D eigenvalue weighted by molar-refractivity contribution is -0.129. The number of hydrogen-bond donors (Lipinski definition) is 1. The number of nitrogens with two attached hydrogens (primary N) is 1. The van der Waals surface area contributed by atoms with Gasteiger partial charge < -0.3 is 15.5 Å². The predicted octanol–water partition coefficient (Wildman–Crippen LogP) is 3.13. The summed E-state index contributed by atoms with van der Waals surface area (Å²) in [5.41, 5.74) is 6.72. The summed E-state index contributed by atoms with van der Waals surface area (Å²) in [5, 5.41) is 0. The number of nitrogens with zero attached hydrogens (tertiary/aromatic N) is 2. The Bertz CT molecular complexity index is 661. The van der Waals surface area contributed by atoms with E-state index in [0.29, 0.717) is 23.9 Å². The number of likely N-dealkylation sites (tertiary alicyclic amines) is 1. The number of carbonyl (C=O) groups is 2. The van der Waals surface area contributed by atoms with E-state index < -0.39 is 0 Å². The summed E-state index contributed by atoms with van der Waals surface area (Å²) in [4.78, 5) is 30.2. The fourth-order valence-electron chi connectivity index (χ4n) is 4.05. The van der Waals surface area contributed by atoms with Gasteiger partial charge in [0.2, 0.25) is 5.91 Å². The number of hydrogen-bond acceptors (Lipinski definition) is 4. The minimum atomic E-state index is 0.0290. The zero-order valence-corrected chi connectivity index (χ0v) is 17.0. The van der Waals surface area contributed by atoms with Crippen molar-refractivity contribution in [1.29, 1.82) is 0 Å². The molecule has 1 atom stereocenters. The van der Waals surface area contributed by atoms with Crippen LogP contribution in [0.1, 0.15) is 55.3 Å². The molecule has 148 valence electrons. The first-order valence-electron chi connectivity index (χ1n) is 10.1. The normalized spacial score (nSPS) is 21.1. The first-order chi connectivity index (χ1) is 13.1. The number of benzene rings is 1. The summed E-state index contributed by atoms with van der Waals surface area (Å²) >= 11 is 1.47. The lowest BCUT2D eigenvalue weighted by Gasteiger charge is -2.32. The Hall–Kier alpha value is -1.53. The maximum atomic E-state index is 13.0. The molecule has 2 fully saturated rings. The minimum Gasteiger partial charge on any atom is -0.342 e. The van der Waals surface area contributed by atoms with Crippen molar-refractivity contribution in [3.8, 4) is 0 Å². The molecule has 0 radical (unpaired) electrons.